The summed E-state index contributed by atoms with van der Waals surface area (Å²) in [5.74, 6) is 0. The quantitative estimate of drug-likeness (QED) is 0.502. The lowest BCUT2D eigenvalue weighted by atomic mass is 9.92. The van der Waals surface area contributed by atoms with Gasteiger partial charge in [0.15, 0.2) is 0 Å². The molecule has 0 bridgehead atoms. The molecule has 0 saturated carbocycles. The van der Waals surface area contributed by atoms with E-state index in [2.05, 4.69) is 33.1 Å². The normalized spacial score (nSPS) is 18.9. The fourth-order valence-corrected chi connectivity index (χ4v) is 3.84. The highest BCUT2D eigenvalue weighted by molar-refractivity contribution is 9.11. The Labute approximate surface area is 161 Å². The zero-order chi connectivity index (χ0) is 18.0. The smallest absolute Gasteiger partial charge is 0.210 e. The number of amides is 1. The van der Waals surface area contributed by atoms with Gasteiger partial charge in [-0.25, -0.2) is 0 Å². The molecule has 1 aromatic carbocycles. The molecule has 5 heteroatoms. The van der Waals surface area contributed by atoms with Crippen molar-refractivity contribution in [2.75, 3.05) is 6.54 Å². The summed E-state index contributed by atoms with van der Waals surface area (Å²) >= 11 is 9.71. The van der Waals surface area contributed by atoms with Gasteiger partial charge in [-0.1, -0.05) is 45.8 Å². The zero-order valence-electron chi connectivity index (χ0n) is 14.2. The van der Waals surface area contributed by atoms with Crippen LogP contribution in [-0.2, 0) is 11.2 Å². The van der Waals surface area contributed by atoms with Gasteiger partial charge in [-0.05, 0) is 60.2 Å². The van der Waals surface area contributed by atoms with E-state index in [-0.39, 0.29) is 6.04 Å². The number of rotatable bonds is 4. The van der Waals surface area contributed by atoms with Gasteiger partial charge in [0.05, 0.1) is 6.04 Å². The van der Waals surface area contributed by atoms with Crippen LogP contribution in [0, 0.1) is 0 Å². The molecule has 1 N–H and O–H groups in total. The largest absolute Gasteiger partial charge is 0.356 e. The van der Waals surface area contributed by atoms with Gasteiger partial charge in [-0.2, -0.15) is 0 Å². The first-order valence-corrected chi connectivity index (χ1v) is 9.40. The van der Waals surface area contributed by atoms with Gasteiger partial charge in [0.25, 0.3) is 0 Å². The summed E-state index contributed by atoms with van der Waals surface area (Å²) in [6.45, 7) is 4.65. The van der Waals surface area contributed by atoms with Crippen LogP contribution in [0.2, 0.25) is 5.02 Å². The first-order valence-electron chi connectivity index (χ1n) is 8.23. The van der Waals surface area contributed by atoms with Crippen LogP contribution < -0.4 is 0 Å². The molecule has 25 heavy (non-hydrogen) atoms. The number of benzene rings is 1. The van der Waals surface area contributed by atoms with Crippen LogP contribution in [0.25, 0.3) is 10.9 Å². The lowest BCUT2D eigenvalue weighted by Crippen LogP contribution is -2.35. The van der Waals surface area contributed by atoms with Gasteiger partial charge in [-0.3, -0.25) is 4.79 Å². The molecule has 1 atom stereocenters. The van der Waals surface area contributed by atoms with E-state index in [1.807, 2.05) is 49.1 Å². The molecular formula is C20H20BrClN2O. The predicted octanol–water partition coefficient (Wildman–Crippen LogP) is 5.68. The molecule has 2 aromatic rings. The fourth-order valence-electron chi connectivity index (χ4n) is 3.41. The highest BCUT2D eigenvalue weighted by Crippen LogP contribution is 2.39. The van der Waals surface area contributed by atoms with E-state index in [0.29, 0.717) is 6.54 Å². The van der Waals surface area contributed by atoms with Gasteiger partial charge in [-0.15, -0.1) is 0 Å². The van der Waals surface area contributed by atoms with E-state index in [9.17, 15) is 4.79 Å². The van der Waals surface area contributed by atoms with E-state index < -0.39 is 0 Å². The first-order chi connectivity index (χ1) is 12.0. The summed E-state index contributed by atoms with van der Waals surface area (Å²) in [6.07, 6.45) is 9.86. The second kappa shape index (κ2) is 7.63. The summed E-state index contributed by atoms with van der Waals surface area (Å²) < 4.78 is 1.01. The average Bonchev–Trinajstić information content (AvgIpc) is 2.95. The van der Waals surface area contributed by atoms with Crippen molar-refractivity contribution in [1.82, 2.24) is 9.88 Å². The number of hydrogen-bond donors (Lipinski definition) is 1. The number of allylic oxidation sites excluding steroid dienone is 4. The van der Waals surface area contributed by atoms with Crippen molar-refractivity contribution in [2.24, 2.45) is 0 Å². The van der Waals surface area contributed by atoms with E-state index in [1.54, 1.807) is 0 Å². The van der Waals surface area contributed by atoms with Crippen LogP contribution in [0.4, 0.5) is 0 Å². The molecule has 3 rings (SSSR count). The Hall–Kier alpha value is -1.78. The molecule has 130 valence electrons. The number of aromatic nitrogens is 1. The molecular weight excluding hydrogens is 400 g/mol. The van der Waals surface area contributed by atoms with Crippen LogP contribution in [0.5, 0.6) is 0 Å². The molecule has 1 amide bonds. The number of carbonyl (C=O) groups is 1. The van der Waals surface area contributed by atoms with Gasteiger partial charge >= 0.3 is 0 Å². The van der Waals surface area contributed by atoms with Crippen LogP contribution in [0.1, 0.15) is 31.1 Å². The molecule has 1 aliphatic heterocycles. The number of nitrogens with one attached hydrogen (secondary N) is 1. The molecule has 0 fully saturated rings. The maximum atomic E-state index is 11.7. The minimum atomic E-state index is -0.142. The van der Waals surface area contributed by atoms with Crippen LogP contribution in [0.15, 0.2) is 52.6 Å². The minimum absolute atomic E-state index is 0.142. The lowest BCUT2D eigenvalue weighted by molar-refractivity contribution is -0.120. The summed E-state index contributed by atoms with van der Waals surface area (Å²) in [6, 6.07) is 5.74. The Kier molecular flexibility index (Phi) is 5.50. The molecule has 0 aliphatic carbocycles. The Morgan fingerprint density at radius 3 is 2.92 bits per heavy atom. The predicted molar refractivity (Wildman–Crippen MR) is 108 cm³/mol. The number of halogens is 2. The van der Waals surface area contributed by atoms with Gasteiger partial charge in [0.1, 0.15) is 0 Å². The molecule has 3 nitrogen and oxygen atoms in total. The van der Waals surface area contributed by atoms with Crippen molar-refractivity contribution in [1.29, 1.82) is 0 Å². The number of aromatic amines is 1. The number of fused-ring (bicyclic) bond motifs is 3. The molecule has 0 spiro atoms. The highest BCUT2D eigenvalue weighted by Gasteiger charge is 2.31. The van der Waals surface area contributed by atoms with Crippen LogP contribution in [0.3, 0.4) is 0 Å². The summed E-state index contributed by atoms with van der Waals surface area (Å²) in [5, 5.41) is 1.87. The van der Waals surface area contributed by atoms with Gasteiger partial charge in [0, 0.05) is 28.2 Å². The van der Waals surface area contributed by atoms with E-state index in [0.717, 1.165) is 44.5 Å². The Morgan fingerprint density at radius 2 is 2.24 bits per heavy atom. The molecule has 1 unspecified atom stereocenters. The summed E-state index contributed by atoms with van der Waals surface area (Å²) in [4.78, 5) is 17.1. The van der Waals surface area contributed by atoms with Gasteiger partial charge < -0.3 is 9.88 Å². The Balaban J connectivity index is 2.22. The second-order valence-electron chi connectivity index (χ2n) is 6.13. The zero-order valence-corrected chi connectivity index (χ0v) is 16.6. The van der Waals surface area contributed by atoms with Crippen molar-refractivity contribution in [3.05, 3.63) is 68.8 Å². The third-order valence-electron chi connectivity index (χ3n) is 4.42. The molecule has 0 saturated heterocycles. The topological polar surface area (TPSA) is 36.1 Å². The van der Waals surface area contributed by atoms with E-state index in [1.165, 1.54) is 5.56 Å². The molecule has 1 aromatic heterocycles. The average molecular weight is 420 g/mol. The number of H-pyrrole nitrogens is 1. The lowest BCUT2D eigenvalue weighted by Gasteiger charge is -2.34. The highest BCUT2D eigenvalue weighted by atomic mass is 79.9. The van der Waals surface area contributed by atoms with Crippen molar-refractivity contribution in [2.45, 2.75) is 26.3 Å². The summed E-state index contributed by atoms with van der Waals surface area (Å²) in [5.41, 5.74) is 4.42. The van der Waals surface area contributed by atoms with Gasteiger partial charge in [0.2, 0.25) is 6.41 Å². The summed E-state index contributed by atoms with van der Waals surface area (Å²) in [7, 11) is 0. The minimum Gasteiger partial charge on any atom is -0.356 e. The first kappa shape index (κ1) is 18.0. The van der Waals surface area contributed by atoms with E-state index >= 15 is 0 Å². The molecule has 0 radical (unpaired) electrons. The van der Waals surface area contributed by atoms with Crippen LogP contribution >= 0.6 is 27.5 Å². The van der Waals surface area contributed by atoms with Crippen LogP contribution in [-0.4, -0.2) is 22.8 Å². The number of carbonyl (C=O) groups excluding carboxylic acids is 1. The van der Waals surface area contributed by atoms with Crippen molar-refractivity contribution < 1.29 is 4.79 Å². The Bertz CT molecular complexity index is 890. The standard InChI is InChI=1S/C20H20BrClN2O/c1-3-4-5-14(10-13(2)21)20-19-16(8-9-24(20)12-25)17-11-15(22)6-7-18(17)23-19/h3-7,10-12,20,23H,8-9H2,1-2H3/b4-3-,13-10+,14-5+. The van der Waals surface area contributed by atoms with Crippen molar-refractivity contribution >= 4 is 44.8 Å². The Morgan fingerprint density at radius 1 is 1.44 bits per heavy atom. The second-order valence-corrected chi connectivity index (χ2v) is 7.81. The maximum absolute atomic E-state index is 11.7. The number of hydrogen-bond acceptors (Lipinski definition) is 1. The monoisotopic (exact) mass is 418 g/mol. The maximum Gasteiger partial charge on any atom is 0.210 e. The van der Waals surface area contributed by atoms with E-state index in [4.69, 9.17) is 11.6 Å². The SMILES string of the molecule is C\C=C/C=C(\C=C(/C)Br)C1c2[nH]c3ccc(Cl)cc3c2CCN1C=O. The molecule has 2 heterocycles. The third-order valence-corrected chi connectivity index (χ3v) is 4.89. The fraction of sp³-hybridized carbons (Fsp3) is 0.250. The van der Waals surface area contributed by atoms with Crippen molar-refractivity contribution in [3.8, 4) is 0 Å². The molecule has 1 aliphatic rings. The number of nitrogens with zero attached hydrogens (tertiary/aromatic N) is 1. The third kappa shape index (κ3) is 3.60. The van der Waals surface area contributed by atoms with Crippen molar-refractivity contribution in [3.63, 3.8) is 0 Å².